The number of rotatable bonds is 2. The second-order valence-electron chi connectivity index (χ2n) is 2.80. The first-order chi connectivity index (χ1) is 7.29. The van der Waals surface area contributed by atoms with Gasteiger partial charge in [0.05, 0.1) is 5.56 Å². The summed E-state index contributed by atoms with van der Waals surface area (Å²) < 4.78 is 0. The summed E-state index contributed by atoms with van der Waals surface area (Å²) in [6.07, 6.45) is 5.93. The SMILES string of the molecule is O=C(O)c1cnccc1-c1ncccn1. The molecule has 0 aromatic carbocycles. The highest BCUT2D eigenvalue weighted by molar-refractivity contribution is 5.94. The van der Waals surface area contributed by atoms with E-state index in [-0.39, 0.29) is 5.56 Å². The van der Waals surface area contributed by atoms with Gasteiger partial charge in [0.2, 0.25) is 0 Å². The fourth-order valence-corrected chi connectivity index (χ4v) is 1.20. The van der Waals surface area contributed by atoms with E-state index in [9.17, 15) is 4.79 Å². The first-order valence-electron chi connectivity index (χ1n) is 4.24. The van der Waals surface area contributed by atoms with Gasteiger partial charge in [0, 0.05) is 30.4 Å². The summed E-state index contributed by atoms with van der Waals surface area (Å²) >= 11 is 0. The quantitative estimate of drug-likeness (QED) is 0.790. The Morgan fingerprint density at radius 1 is 1.20 bits per heavy atom. The Kier molecular flexibility index (Phi) is 2.37. The third kappa shape index (κ3) is 1.80. The van der Waals surface area contributed by atoms with Crippen LogP contribution in [-0.2, 0) is 0 Å². The molecule has 15 heavy (non-hydrogen) atoms. The van der Waals surface area contributed by atoms with E-state index >= 15 is 0 Å². The smallest absolute Gasteiger partial charge is 0.338 e. The standard InChI is InChI=1S/C10H7N3O2/c14-10(15)8-6-11-5-2-7(8)9-12-3-1-4-13-9/h1-6H,(H,14,15). The summed E-state index contributed by atoms with van der Waals surface area (Å²) in [5, 5.41) is 8.93. The Morgan fingerprint density at radius 3 is 2.60 bits per heavy atom. The van der Waals surface area contributed by atoms with Crippen molar-refractivity contribution in [3.05, 3.63) is 42.5 Å². The van der Waals surface area contributed by atoms with Crippen LogP contribution in [0.2, 0.25) is 0 Å². The average Bonchev–Trinajstić information content (AvgIpc) is 2.30. The molecule has 2 aromatic heterocycles. The topological polar surface area (TPSA) is 76.0 Å². The van der Waals surface area contributed by atoms with Gasteiger partial charge in [-0.2, -0.15) is 0 Å². The summed E-state index contributed by atoms with van der Waals surface area (Å²) in [7, 11) is 0. The molecule has 0 unspecified atom stereocenters. The van der Waals surface area contributed by atoms with Crippen molar-refractivity contribution in [2.24, 2.45) is 0 Å². The maximum atomic E-state index is 10.9. The van der Waals surface area contributed by atoms with Crippen LogP contribution >= 0.6 is 0 Å². The third-order valence-electron chi connectivity index (χ3n) is 1.86. The van der Waals surface area contributed by atoms with Crippen LogP contribution in [0.3, 0.4) is 0 Å². The van der Waals surface area contributed by atoms with Crippen molar-refractivity contribution in [3.8, 4) is 11.4 Å². The molecule has 0 saturated carbocycles. The molecule has 0 bridgehead atoms. The number of carboxylic acids is 1. The van der Waals surface area contributed by atoms with Gasteiger partial charge in [-0.3, -0.25) is 4.98 Å². The van der Waals surface area contributed by atoms with Crippen molar-refractivity contribution in [1.82, 2.24) is 15.0 Å². The van der Waals surface area contributed by atoms with Crippen LogP contribution in [0.15, 0.2) is 36.9 Å². The van der Waals surface area contributed by atoms with E-state index in [0.717, 1.165) is 0 Å². The van der Waals surface area contributed by atoms with E-state index in [2.05, 4.69) is 15.0 Å². The molecule has 2 aromatic rings. The molecule has 5 nitrogen and oxygen atoms in total. The zero-order chi connectivity index (χ0) is 10.7. The normalized spacial score (nSPS) is 9.87. The summed E-state index contributed by atoms with van der Waals surface area (Å²) in [6, 6.07) is 3.25. The van der Waals surface area contributed by atoms with Crippen LogP contribution in [0.5, 0.6) is 0 Å². The number of carbonyl (C=O) groups is 1. The number of pyridine rings is 1. The second kappa shape index (κ2) is 3.83. The molecule has 5 heteroatoms. The first-order valence-corrected chi connectivity index (χ1v) is 4.24. The zero-order valence-electron chi connectivity index (χ0n) is 7.66. The molecule has 0 aliphatic heterocycles. The average molecular weight is 201 g/mol. The predicted molar refractivity (Wildman–Crippen MR) is 52.2 cm³/mol. The molecular formula is C10H7N3O2. The van der Waals surface area contributed by atoms with E-state index in [1.165, 1.54) is 12.4 Å². The Hall–Kier alpha value is -2.30. The van der Waals surface area contributed by atoms with Gasteiger partial charge < -0.3 is 5.11 Å². The minimum atomic E-state index is -1.04. The minimum Gasteiger partial charge on any atom is -0.478 e. The highest BCUT2D eigenvalue weighted by Crippen LogP contribution is 2.17. The van der Waals surface area contributed by atoms with Gasteiger partial charge >= 0.3 is 5.97 Å². The molecule has 74 valence electrons. The largest absolute Gasteiger partial charge is 0.478 e. The number of aromatic nitrogens is 3. The summed E-state index contributed by atoms with van der Waals surface area (Å²) in [6.45, 7) is 0. The lowest BCUT2D eigenvalue weighted by Gasteiger charge is -2.02. The van der Waals surface area contributed by atoms with E-state index in [0.29, 0.717) is 11.4 Å². The summed E-state index contributed by atoms with van der Waals surface area (Å²) in [5.74, 6) is -0.650. The van der Waals surface area contributed by atoms with Crippen LogP contribution in [0.4, 0.5) is 0 Å². The van der Waals surface area contributed by atoms with Crippen LogP contribution < -0.4 is 0 Å². The number of carboxylic acid groups (broad SMARTS) is 1. The summed E-state index contributed by atoms with van der Waals surface area (Å²) in [4.78, 5) is 22.6. The van der Waals surface area contributed by atoms with Gasteiger partial charge in [0.15, 0.2) is 5.82 Å². The molecule has 0 spiro atoms. The Labute approximate surface area is 85.5 Å². The Bertz CT molecular complexity index is 485. The highest BCUT2D eigenvalue weighted by atomic mass is 16.4. The fourth-order valence-electron chi connectivity index (χ4n) is 1.20. The van der Waals surface area contributed by atoms with E-state index < -0.39 is 5.97 Å². The summed E-state index contributed by atoms with van der Waals surface area (Å²) in [5.41, 5.74) is 0.571. The van der Waals surface area contributed by atoms with E-state index in [4.69, 9.17) is 5.11 Å². The molecule has 0 aliphatic carbocycles. The number of aromatic carboxylic acids is 1. The lowest BCUT2D eigenvalue weighted by Crippen LogP contribution is -2.01. The minimum absolute atomic E-state index is 0.101. The van der Waals surface area contributed by atoms with Crippen molar-refractivity contribution in [3.63, 3.8) is 0 Å². The first kappa shape index (κ1) is 9.26. The molecule has 2 rings (SSSR count). The van der Waals surface area contributed by atoms with Crippen LogP contribution in [0.25, 0.3) is 11.4 Å². The molecule has 0 aliphatic rings. The number of hydrogen-bond acceptors (Lipinski definition) is 4. The molecule has 0 fully saturated rings. The van der Waals surface area contributed by atoms with Crippen LogP contribution in [0.1, 0.15) is 10.4 Å². The molecule has 0 atom stereocenters. The predicted octanol–water partition coefficient (Wildman–Crippen LogP) is 1.24. The van der Waals surface area contributed by atoms with Gasteiger partial charge in [0.1, 0.15) is 0 Å². The molecule has 0 saturated heterocycles. The fraction of sp³-hybridized carbons (Fsp3) is 0. The second-order valence-corrected chi connectivity index (χ2v) is 2.80. The maximum absolute atomic E-state index is 10.9. The van der Waals surface area contributed by atoms with Gasteiger partial charge in [0.25, 0.3) is 0 Å². The lowest BCUT2D eigenvalue weighted by atomic mass is 10.1. The Morgan fingerprint density at radius 2 is 1.93 bits per heavy atom. The van der Waals surface area contributed by atoms with Crippen LogP contribution in [0, 0.1) is 0 Å². The van der Waals surface area contributed by atoms with Crippen molar-refractivity contribution < 1.29 is 9.90 Å². The molecule has 0 radical (unpaired) electrons. The van der Waals surface area contributed by atoms with Gasteiger partial charge in [-0.1, -0.05) is 0 Å². The van der Waals surface area contributed by atoms with Crippen molar-refractivity contribution in [1.29, 1.82) is 0 Å². The third-order valence-corrected chi connectivity index (χ3v) is 1.86. The number of hydrogen-bond donors (Lipinski definition) is 1. The lowest BCUT2D eigenvalue weighted by molar-refractivity contribution is 0.0697. The monoisotopic (exact) mass is 201 g/mol. The molecule has 1 N–H and O–H groups in total. The molecule has 2 heterocycles. The van der Waals surface area contributed by atoms with Crippen molar-refractivity contribution in [2.45, 2.75) is 0 Å². The zero-order valence-corrected chi connectivity index (χ0v) is 7.66. The maximum Gasteiger partial charge on any atom is 0.338 e. The van der Waals surface area contributed by atoms with Gasteiger partial charge in [-0.25, -0.2) is 14.8 Å². The van der Waals surface area contributed by atoms with Gasteiger partial charge in [-0.05, 0) is 12.1 Å². The number of nitrogens with zero attached hydrogens (tertiary/aromatic N) is 3. The molecular weight excluding hydrogens is 194 g/mol. The Balaban J connectivity index is 2.58. The van der Waals surface area contributed by atoms with Crippen molar-refractivity contribution in [2.75, 3.05) is 0 Å². The van der Waals surface area contributed by atoms with E-state index in [1.807, 2.05) is 0 Å². The van der Waals surface area contributed by atoms with Gasteiger partial charge in [-0.15, -0.1) is 0 Å². The highest BCUT2D eigenvalue weighted by Gasteiger charge is 2.12. The van der Waals surface area contributed by atoms with Crippen LogP contribution in [-0.4, -0.2) is 26.0 Å². The van der Waals surface area contributed by atoms with Crippen molar-refractivity contribution >= 4 is 5.97 Å². The molecule has 0 amide bonds. The van der Waals surface area contributed by atoms with E-state index in [1.54, 1.807) is 24.5 Å².